The Labute approximate surface area is 136 Å². The van der Waals surface area contributed by atoms with Crippen LogP contribution in [-0.4, -0.2) is 31.5 Å². The van der Waals surface area contributed by atoms with Crippen LogP contribution in [0.3, 0.4) is 0 Å². The molecular formula is C15H15FN6S. The molecule has 0 amide bonds. The van der Waals surface area contributed by atoms with E-state index in [2.05, 4.69) is 20.4 Å². The molecule has 4 heterocycles. The zero-order valence-corrected chi connectivity index (χ0v) is 13.3. The second-order valence-corrected chi connectivity index (χ2v) is 6.27. The normalized spacial score (nSPS) is 19.4. The number of hydrazine groups is 1. The SMILES string of the molecule is Cn1cc(-c2cncs2)nc1CCC1=NC2C(F)=CC=CN2N1. The standard InChI is InChI=1S/C15H15FN6S/c1-21-8-11(12-7-17-9-23-12)18-14(21)5-4-13-19-15-10(16)3-2-6-22(15)20-13/h2-3,6-9,15H,4-5H2,1H3,(H,19,20). The molecule has 0 fully saturated rings. The summed E-state index contributed by atoms with van der Waals surface area (Å²) in [5, 5.41) is 1.67. The van der Waals surface area contributed by atoms with E-state index in [4.69, 9.17) is 0 Å². The largest absolute Gasteiger partial charge is 0.337 e. The van der Waals surface area contributed by atoms with E-state index < -0.39 is 6.17 Å². The van der Waals surface area contributed by atoms with Crippen molar-refractivity contribution in [1.29, 1.82) is 0 Å². The molecule has 118 valence electrons. The lowest BCUT2D eigenvalue weighted by atomic mass is 10.3. The van der Waals surface area contributed by atoms with Crippen molar-refractivity contribution < 1.29 is 4.39 Å². The van der Waals surface area contributed by atoms with Crippen molar-refractivity contribution in [2.45, 2.75) is 19.0 Å². The van der Waals surface area contributed by atoms with Crippen molar-refractivity contribution in [3.05, 3.63) is 47.9 Å². The average molecular weight is 330 g/mol. The molecular weight excluding hydrogens is 315 g/mol. The molecule has 2 aliphatic heterocycles. The van der Waals surface area contributed by atoms with Crippen LogP contribution < -0.4 is 5.43 Å². The van der Waals surface area contributed by atoms with E-state index in [1.165, 1.54) is 6.08 Å². The maximum atomic E-state index is 13.7. The highest BCUT2D eigenvalue weighted by molar-refractivity contribution is 7.13. The number of aryl methyl sites for hydroxylation is 2. The molecule has 1 unspecified atom stereocenters. The predicted octanol–water partition coefficient (Wildman–Crippen LogP) is 2.40. The number of fused-ring (bicyclic) bond motifs is 1. The van der Waals surface area contributed by atoms with Crippen LogP contribution in [0, 0.1) is 0 Å². The van der Waals surface area contributed by atoms with Crippen LogP contribution in [0.1, 0.15) is 12.2 Å². The highest BCUT2D eigenvalue weighted by Crippen LogP contribution is 2.24. The van der Waals surface area contributed by atoms with Crippen molar-refractivity contribution in [1.82, 2.24) is 25.0 Å². The number of halogens is 1. The first-order chi connectivity index (χ1) is 11.2. The van der Waals surface area contributed by atoms with E-state index in [1.807, 2.05) is 24.0 Å². The fraction of sp³-hybridized carbons (Fsp3) is 0.267. The Kier molecular flexibility index (Phi) is 3.45. The summed E-state index contributed by atoms with van der Waals surface area (Å²) in [6.07, 6.45) is 9.56. The van der Waals surface area contributed by atoms with Gasteiger partial charge in [0.1, 0.15) is 23.2 Å². The molecule has 1 N–H and O–H groups in total. The monoisotopic (exact) mass is 330 g/mol. The van der Waals surface area contributed by atoms with Gasteiger partial charge in [-0.3, -0.25) is 15.4 Å². The lowest BCUT2D eigenvalue weighted by molar-refractivity contribution is 0.269. The summed E-state index contributed by atoms with van der Waals surface area (Å²) in [7, 11) is 1.98. The van der Waals surface area contributed by atoms with Gasteiger partial charge in [0, 0.05) is 38.5 Å². The van der Waals surface area contributed by atoms with Crippen LogP contribution in [0.5, 0.6) is 0 Å². The predicted molar refractivity (Wildman–Crippen MR) is 87.2 cm³/mol. The summed E-state index contributed by atoms with van der Waals surface area (Å²) >= 11 is 1.57. The summed E-state index contributed by atoms with van der Waals surface area (Å²) in [5.41, 5.74) is 5.85. The molecule has 0 aliphatic carbocycles. The van der Waals surface area contributed by atoms with Crippen LogP contribution in [0.4, 0.5) is 4.39 Å². The summed E-state index contributed by atoms with van der Waals surface area (Å²) in [5.74, 6) is 1.49. The minimum atomic E-state index is -0.566. The Balaban J connectivity index is 1.45. The average Bonchev–Trinajstić information content (AvgIpc) is 3.24. The molecule has 0 saturated carbocycles. The summed E-state index contributed by atoms with van der Waals surface area (Å²) < 4.78 is 15.7. The van der Waals surface area contributed by atoms with E-state index in [-0.39, 0.29) is 5.83 Å². The Morgan fingerprint density at radius 3 is 3.09 bits per heavy atom. The van der Waals surface area contributed by atoms with Gasteiger partial charge in [-0.1, -0.05) is 0 Å². The zero-order valence-electron chi connectivity index (χ0n) is 12.5. The number of hydrogen-bond acceptors (Lipinski definition) is 6. The van der Waals surface area contributed by atoms with Gasteiger partial charge in [0.05, 0.1) is 10.4 Å². The third-order valence-electron chi connectivity index (χ3n) is 3.79. The summed E-state index contributed by atoms with van der Waals surface area (Å²) in [4.78, 5) is 14.2. The molecule has 4 rings (SSSR count). The number of imidazole rings is 1. The van der Waals surface area contributed by atoms with Crippen molar-refractivity contribution in [2.75, 3.05) is 0 Å². The number of aromatic nitrogens is 3. The lowest BCUT2D eigenvalue weighted by Crippen LogP contribution is -2.37. The van der Waals surface area contributed by atoms with Crippen LogP contribution in [0.2, 0.25) is 0 Å². The Morgan fingerprint density at radius 2 is 2.30 bits per heavy atom. The number of nitrogens with one attached hydrogen (secondary N) is 1. The fourth-order valence-corrected chi connectivity index (χ4v) is 3.20. The summed E-state index contributed by atoms with van der Waals surface area (Å²) in [6.45, 7) is 0. The van der Waals surface area contributed by atoms with Crippen molar-refractivity contribution in [3.8, 4) is 10.6 Å². The number of rotatable bonds is 4. The van der Waals surface area contributed by atoms with E-state index >= 15 is 0 Å². The van der Waals surface area contributed by atoms with E-state index in [0.29, 0.717) is 6.42 Å². The highest BCUT2D eigenvalue weighted by Gasteiger charge is 2.28. The van der Waals surface area contributed by atoms with Crippen molar-refractivity contribution in [2.24, 2.45) is 12.0 Å². The third-order valence-corrected chi connectivity index (χ3v) is 4.59. The molecule has 8 heteroatoms. The first kappa shape index (κ1) is 14.1. The molecule has 2 aliphatic rings. The number of aliphatic imine (C=N–C) groups is 1. The smallest absolute Gasteiger partial charge is 0.192 e. The highest BCUT2D eigenvalue weighted by atomic mass is 32.1. The quantitative estimate of drug-likeness (QED) is 0.935. The van der Waals surface area contributed by atoms with Crippen molar-refractivity contribution >= 4 is 17.2 Å². The van der Waals surface area contributed by atoms with E-state index in [0.717, 1.165) is 28.7 Å². The van der Waals surface area contributed by atoms with Gasteiger partial charge in [-0.25, -0.2) is 14.4 Å². The van der Waals surface area contributed by atoms with Crippen LogP contribution in [0.25, 0.3) is 10.6 Å². The number of hydrogen-bond donors (Lipinski definition) is 1. The molecule has 0 spiro atoms. The number of thiazole rings is 1. The maximum absolute atomic E-state index is 13.7. The van der Waals surface area contributed by atoms with Gasteiger partial charge in [0.2, 0.25) is 0 Å². The number of allylic oxidation sites excluding steroid dienone is 2. The number of nitrogens with zero attached hydrogens (tertiary/aromatic N) is 5. The lowest BCUT2D eigenvalue weighted by Gasteiger charge is -2.22. The molecule has 0 saturated heterocycles. The fourth-order valence-electron chi connectivity index (χ4n) is 2.62. The molecule has 23 heavy (non-hydrogen) atoms. The Bertz CT molecular complexity index is 804. The summed E-state index contributed by atoms with van der Waals surface area (Å²) in [6, 6.07) is 0. The van der Waals surface area contributed by atoms with Gasteiger partial charge in [-0.2, -0.15) is 0 Å². The van der Waals surface area contributed by atoms with Gasteiger partial charge in [-0.15, -0.1) is 11.3 Å². The topological polar surface area (TPSA) is 58.3 Å². The van der Waals surface area contributed by atoms with Crippen LogP contribution in [0.15, 0.2) is 47.1 Å². The maximum Gasteiger partial charge on any atom is 0.192 e. The molecule has 1 atom stereocenters. The third kappa shape index (κ3) is 2.65. The van der Waals surface area contributed by atoms with Crippen molar-refractivity contribution in [3.63, 3.8) is 0 Å². The second-order valence-electron chi connectivity index (χ2n) is 5.38. The van der Waals surface area contributed by atoms with Gasteiger partial charge in [-0.05, 0) is 12.2 Å². The van der Waals surface area contributed by atoms with Gasteiger partial charge < -0.3 is 4.57 Å². The van der Waals surface area contributed by atoms with Crippen LogP contribution >= 0.6 is 11.3 Å². The zero-order chi connectivity index (χ0) is 15.8. The first-order valence-electron chi connectivity index (χ1n) is 7.27. The Morgan fingerprint density at radius 1 is 1.39 bits per heavy atom. The van der Waals surface area contributed by atoms with E-state index in [9.17, 15) is 4.39 Å². The first-order valence-corrected chi connectivity index (χ1v) is 8.15. The van der Waals surface area contributed by atoms with Crippen LogP contribution in [-0.2, 0) is 13.5 Å². The number of amidine groups is 1. The molecule has 0 bridgehead atoms. The Hall–Kier alpha value is -2.48. The molecule has 6 nitrogen and oxygen atoms in total. The molecule has 0 radical (unpaired) electrons. The van der Waals surface area contributed by atoms with E-state index in [1.54, 1.807) is 34.1 Å². The minimum absolute atomic E-state index is 0.250. The molecule has 2 aromatic rings. The van der Waals surface area contributed by atoms with Gasteiger partial charge in [0.25, 0.3) is 0 Å². The minimum Gasteiger partial charge on any atom is -0.337 e. The molecule has 2 aromatic heterocycles. The molecule has 0 aromatic carbocycles. The van der Waals surface area contributed by atoms with Gasteiger partial charge >= 0.3 is 0 Å². The van der Waals surface area contributed by atoms with Gasteiger partial charge in [0.15, 0.2) is 6.17 Å². The second kappa shape index (κ2) is 5.62.